The molecule has 1 N–H and O–H groups in total. The first-order chi connectivity index (χ1) is 11.7. The number of para-hydroxylation sites is 2. The average molecular weight is 412 g/mol. The molecule has 1 amide bonds. The van der Waals surface area contributed by atoms with Crippen molar-refractivity contribution >= 4 is 33.2 Å². The fourth-order valence-electron chi connectivity index (χ4n) is 2.16. The number of carbonyl (C=O) groups is 1. The Bertz CT molecular complexity index is 645. The van der Waals surface area contributed by atoms with Crippen molar-refractivity contribution < 1.29 is 14.3 Å². The molecule has 4 nitrogen and oxygen atoms in total. The summed E-state index contributed by atoms with van der Waals surface area (Å²) >= 11 is 5.13. The van der Waals surface area contributed by atoms with Gasteiger partial charge in [-0.3, -0.25) is 4.79 Å². The summed E-state index contributed by atoms with van der Waals surface area (Å²) in [7, 11) is 0. The van der Waals surface area contributed by atoms with E-state index in [2.05, 4.69) is 27.3 Å². The van der Waals surface area contributed by atoms with Crippen molar-refractivity contribution in [1.29, 1.82) is 0 Å². The SMILES string of the molecule is CCOc1ccccc1OCCCC(=O)NCCc1ccc(Br)s1. The molecule has 24 heavy (non-hydrogen) atoms. The second-order valence-corrected chi connectivity index (χ2v) is 7.69. The van der Waals surface area contributed by atoms with Crippen molar-refractivity contribution in [2.75, 3.05) is 19.8 Å². The molecule has 0 aliphatic carbocycles. The lowest BCUT2D eigenvalue weighted by Gasteiger charge is -2.11. The largest absolute Gasteiger partial charge is 0.490 e. The van der Waals surface area contributed by atoms with Crippen LogP contribution in [-0.2, 0) is 11.2 Å². The number of hydrogen-bond acceptors (Lipinski definition) is 4. The molecule has 1 heterocycles. The fourth-order valence-corrected chi connectivity index (χ4v) is 3.64. The van der Waals surface area contributed by atoms with Crippen LogP contribution in [0.5, 0.6) is 11.5 Å². The van der Waals surface area contributed by atoms with Crippen molar-refractivity contribution in [2.45, 2.75) is 26.2 Å². The van der Waals surface area contributed by atoms with Gasteiger partial charge in [0.2, 0.25) is 5.91 Å². The Kier molecular flexibility index (Phi) is 8.12. The first-order valence-electron chi connectivity index (χ1n) is 8.04. The van der Waals surface area contributed by atoms with Gasteiger partial charge in [-0.1, -0.05) is 12.1 Å². The van der Waals surface area contributed by atoms with Crippen molar-refractivity contribution in [3.8, 4) is 11.5 Å². The number of halogens is 1. The van der Waals surface area contributed by atoms with Crippen molar-refractivity contribution in [2.24, 2.45) is 0 Å². The number of hydrogen-bond donors (Lipinski definition) is 1. The van der Waals surface area contributed by atoms with Crippen molar-refractivity contribution in [3.05, 3.63) is 45.1 Å². The summed E-state index contributed by atoms with van der Waals surface area (Å²) in [5.41, 5.74) is 0. The Balaban J connectivity index is 1.61. The molecule has 130 valence electrons. The first kappa shape index (κ1) is 18.8. The highest BCUT2D eigenvalue weighted by Crippen LogP contribution is 2.26. The summed E-state index contributed by atoms with van der Waals surface area (Å²) in [6.07, 6.45) is 2.00. The normalized spacial score (nSPS) is 10.4. The van der Waals surface area contributed by atoms with Crippen LogP contribution < -0.4 is 14.8 Å². The molecule has 2 rings (SSSR count). The lowest BCUT2D eigenvalue weighted by Crippen LogP contribution is -2.25. The molecule has 1 aromatic heterocycles. The van der Waals surface area contributed by atoms with Crippen LogP contribution in [0.4, 0.5) is 0 Å². The highest BCUT2D eigenvalue weighted by atomic mass is 79.9. The molecular weight excluding hydrogens is 390 g/mol. The maximum atomic E-state index is 11.8. The third kappa shape index (κ3) is 6.53. The van der Waals surface area contributed by atoms with E-state index in [0.717, 1.165) is 21.7 Å². The second kappa shape index (κ2) is 10.4. The van der Waals surface area contributed by atoms with E-state index in [4.69, 9.17) is 9.47 Å². The summed E-state index contributed by atoms with van der Waals surface area (Å²) in [5.74, 6) is 1.53. The van der Waals surface area contributed by atoms with Crippen molar-refractivity contribution in [1.82, 2.24) is 5.32 Å². The molecule has 0 radical (unpaired) electrons. The van der Waals surface area contributed by atoms with Gasteiger partial charge in [0.15, 0.2) is 11.5 Å². The molecular formula is C18H22BrNO3S. The van der Waals surface area contributed by atoms with Crippen LogP contribution in [0.2, 0.25) is 0 Å². The van der Waals surface area contributed by atoms with Gasteiger partial charge in [-0.25, -0.2) is 0 Å². The van der Waals surface area contributed by atoms with Gasteiger partial charge in [0.05, 0.1) is 17.0 Å². The van der Waals surface area contributed by atoms with E-state index in [0.29, 0.717) is 32.6 Å². The van der Waals surface area contributed by atoms with E-state index in [-0.39, 0.29) is 5.91 Å². The lowest BCUT2D eigenvalue weighted by atomic mass is 10.3. The van der Waals surface area contributed by atoms with Crippen LogP contribution in [0.1, 0.15) is 24.6 Å². The van der Waals surface area contributed by atoms with Crippen LogP contribution in [0, 0.1) is 0 Å². The summed E-state index contributed by atoms with van der Waals surface area (Å²) in [4.78, 5) is 13.1. The molecule has 0 fully saturated rings. The summed E-state index contributed by atoms with van der Waals surface area (Å²) in [6.45, 7) is 3.70. The minimum absolute atomic E-state index is 0.0623. The lowest BCUT2D eigenvalue weighted by molar-refractivity contribution is -0.121. The Labute approximate surface area is 155 Å². The molecule has 0 aliphatic rings. The molecule has 0 atom stereocenters. The second-order valence-electron chi connectivity index (χ2n) is 5.14. The van der Waals surface area contributed by atoms with E-state index >= 15 is 0 Å². The zero-order valence-corrected chi connectivity index (χ0v) is 16.1. The Morgan fingerprint density at radius 1 is 1.17 bits per heavy atom. The van der Waals surface area contributed by atoms with Crippen LogP contribution in [0.15, 0.2) is 40.2 Å². The van der Waals surface area contributed by atoms with Gasteiger partial charge in [-0.15, -0.1) is 11.3 Å². The van der Waals surface area contributed by atoms with E-state index in [1.807, 2.05) is 37.3 Å². The van der Waals surface area contributed by atoms with Gasteiger partial charge in [-0.2, -0.15) is 0 Å². The maximum absolute atomic E-state index is 11.8. The Morgan fingerprint density at radius 3 is 2.58 bits per heavy atom. The number of nitrogens with one attached hydrogen (secondary N) is 1. The molecule has 0 bridgehead atoms. The molecule has 0 unspecified atom stereocenters. The van der Waals surface area contributed by atoms with Gasteiger partial charge >= 0.3 is 0 Å². The average Bonchev–Trinajstić information content (AvgIpc) is 2.98. The number of amides is 1. The number of rotatable bonds is 10. The minimum atomic E-state index is 0.0623. The van der Waals surface area contributed by atoms with Gasteiger partial charge in [0.1, 0.15) is 0 Å². The molecule has 0 aliphatic heterocycles. The van der Waals surface area contributed by atoms with Gasteiger partial charge in [0.25, 0.3) is 0 Å². The number of benzene rings is 1. The smallest absolute Gasteiger partial charge is 0.220 e. The summed E-state index contributed by atoms with van der Waals surface area (Å²) in [5, 5.41) is 2.94. The highest BCUT2D eigenvalue weighted by Gasteiger charge is 2.05. The van der Waals surface area contributed by atoms with Crippen LogP contribution in [0.3, 0.4) is 0 Å². The Morgan fingerprint density at radius 2 is 1.92 bits per heavy atom. The van der Waals surface area contributed by atoms with E-state index < -0.39 is 0 Å². The summed E-state index contributed by atoms with van der Waals surface area (Å²) in [6, 6.07) is 11.7. The molecule has 2 aromatic rings. The molecule has 6 heteroatoms. The standard InChI is InChI=1S/C18H22BrNO3S/c1-2-22-15-6-3-4-7-16(15)23-13-5-8-18(21)20-12-11-14-9-10-17(19)24-14/h3-4,6-7,9-10H,2,5,8,11-13H2,1H3,(H,20,21). The molecule has 0 saturated carbocycles. The minimum Gasteiger partial charge on any atom is -0.490 e. The zero-order valence-electron chi connectivity index (χ0n) is 13.7. The topological polar surface area (TPSA) is 47.6 Å². The van der Waals surface area contributed by atoms with E-state index in [9.17, 15) is 4.79 Å². The van der Waals surface area contributed by atoms with Gasteiger partial charge in [-0.05, 0) is 60.0 Å². The quantitative estimate of drug-likeness (QED) is 0.588. The maximum Gasteiger partial charge on any atom is 0.220 e. The highest BCUT2D eigenvalue weighted by molar-refractivity contribution is 9.11. The van der Waals surface area contributed by atoms with E-state index in [1.165, 1.54) is 4.88 Å². The number of ether oxygens (including phenoxy) is 2. The van der Waals surface area contributed by atoms with Crippen molar-refractivity contribution in [3.63, 3.8) is 0 Å². The van der Waals surface area contributed by atoms with Crippen LogP contribution in [0.25, 0.3) is 0 Å². The third-order valence-corrected chi connectivity index (χ3v) is 4.96. The monoisotopic (exact) mass is 411 g/mol. The molecule has 0 saturated heterocycles. The van der Waals surface area contributed by atoms with E-state index in [1.54, 1.807) is 11.3 Å². The summed E-state index contributed by atoms with van der Waals surface area (Å²) < 4.78 is 12.3. The van der Waals surface area contributed by atoms with Gasteiger partial charge in [0, 0.05) is 17.8 Å². The number of carbonyl (C=O) groups excluding carboxylic acids is 1. The van der Waals surface area contributed by atoms with Crippen LogP contribution in [-0.4, -0.2) is 25.7 Å². The van der Waals surface area contributed by atoms with Crippen LogP contribution >= 0.6 is 27.3 Å². The number of thiophene rings is 1. The Hall–Kier alpha value is -1.53. The zero-order chi connectivity index (χ0) is 17.2. The fraction of sp³-hybridized carbons (Fsp3) is 0.389. The molecule has 0 spiro atoms. The first-order valence-corrected chi connectivity index (χ1v) is 9.65. The predicted molar refractivity (Wildman–Crippen MR) is 101 cm³/mol. The molecule has 1 aromatic carbocycles. The predicted octanol–water partition coefficient (Wildman–Crippen LogP) is 4.43. The third-order valence-electron chi connectivity index (χ3n) is 3.28. The van der Waals surface area contributed by atoms with Gasteiger partial charge < -0.3 is 14.8 Å².